The van der Waals surface area contributed by atoms with Crippen molar-refractivity contribution in [2.75, 3.05) is 12.4 Å². The highest BCUT2D eigenvalue weighted by Crippen LogP contribution is 2.32. The van der Waals surface area contributed by atoms with Gasteiger partial charge in [-0.2, -0.15) is 0 Å². The first kappa shape index (κ1) is 28.3. The molecule has 4 rings (SSSR count). The van der Waals surface area contributed by atoms with E-state index in [9.17, 15) is 23.1 Å². The molecular formula is C29H28N4O6S. The van der Waals surface area contributed by atoms with Crippen LogP contribution in [-0.4, -0.2) is 37.6 Å². The number of aliphatic carboxylic acids is 1. The number of ether oxygens (including phenoxy) is 1. The number of carboxylic acids is 1. The molecule has 206 valence electrons. The summed E-state index contributed by atoms with van der Waals surface area (Å²) in [5.41, 5.74) is 2.92. The number of pyridine rings is 1. The molecule has 4 N–H and O–H groups in total. The fraction of sp³-hybridized carbons (Fsp3) is 0.138. The number of methoxy groups -OCH3 is 1. The minimum Gasteiger partial charge on any atom is -0.495 e. The number of rotatable bonds is 11. The van der Waals surface area contributed by atoms with E-state index in [1.54, 1.807) is 79.0 Å². The molecule has 40 heavy (non-hydrogen) atoms. The Morgan fingerprint density at radius 2 is 1.68 bits per heavy atom. The number of carbonyl (C=O) groups excluding carboxylic acids is 1. The first-order valence-corrected chi connectivity index (χ1v) is 13.8. The Bertz CT molecular complexity index is 1580. The summed E-state index contributed by atoms with van der Waals surface area (Å²) in [6.07, 6.45) is 1.20. The third-order valence-electron chi connectivity index (χ3n) is 5.94. The summed E-state index contributed by atoms with van der Waals surface area (Å²) in [5.74, 6) is -1.05. The van der Waals surface area contributed by atoms with Gasteiger partial charge < -0.3 is 20.5 Å². The molecule has 0 aliphatic heterocycles. The van der Waals surface area contributed by atoms with Crippen LogP contribution in [0, 0.1) is 0 Å². The topological polar surface area (TPSA) is 147 Å². The zero-order valence-corrected chi connectivity index (χ0v) is 22.4. The number of aromatic nitrogens is 1. The maximum absolute atomic E-state index is 13.5. The number of amides is 2. The second-order valence-electron chi connectivity index (χ2n) is 8.76. The first-order valence-electron chi connectivity index (χ1n) is 12.3. The lowest BCUT2D eigenvalue weighted by Gasteiger charge is -2.19. The minimum atomic E-state index is -4.21. The molecule has 4 aromatic rings. The fourth-order valence-electron chi connectivity index (χ4n) is 4.03. The van der Waals surface area contributed by atoms with Crippen molar-refractivity contribution < 1.29 is 27.9 Å². The van der Waals surface area contributed by atoms with Crippen molar-refractivity contribution in [1.82, 2.24) is 15.0 Å². The number of urea groups is 1. The second kappa shape index (κ2) is 12.9. The Morgan fingerprint density at radius 1 is 0.925 bits per heavy atom. The standard InChI is InChI=1S/C29H28N4O6S/c1-39-26-14-13-22(17-27(26)40(37,38)33-25(18-28(34)35)20-8-3-2-4-9-20)21-10-7-12-23(16-21)32-29(36)31-19-24-11-5-6-15-30-24/h2-17,25,33H,18-19H2,1H3,(H,34,35)(H2,31,32,36)/t25-/m0/s1. The first-order chi connectivity index (χ1) is 19.2. The number of carbonyl (C=O) groups is 2. The van der Waals surface area contributed by atoms with Crippen LogP contribution in [-0.2, 0) is 21.4 Å². The van der Waals surface area contributed by atoms with Gasteiger partial charge >= 0.3 is 12.0 Å². The summed E-state index contributed by atoms with van der Waals surface area (Å²) in [6, 6.07) is 24.1. The number of sulfonamides is 1. The molecule has 0 fully saturated rings. The number of nitrogens with zero attached hydrogens (tertiary/aromatic N) is 1. The van der Waals surface area contributed by atoms with Gasteiger partial charge in [0, 0.05) is 11.9 Å². The maximum Gasteiger partial charge on any atom is 0.319 e. The van der Waals surface area contributed by atoms with Crippen molar-refractivity contribution in [2.24, 2.45) is 0 Å². The monoisotopic (exact) mass is 560 g/mol. The van der Waals surface area contributed by atoms with E-state index in [0.29, 0.717) is 28.1 Å². The van der Waals surface area contributed by atoms with Crippen LogP contribution in [0.25, 0.3) is 11.1 Å². The average Bonchev–Trinajstić information content (AvgIpc) is 2.96. The Kier molecular flexibility index (Phi) is 9.10. The van der Waals surface area contributed by atoms with Crippen LogP contribution >= 0.6 is 0 Å². The smallest absolute Gasteiger partial charge is 0.319 e. The third kappa shape index (κ3) is 7.43. The number of hydrogen-bond acceptors (Lipinski definition) is 6. The van der Waals surface area contributed by atoms with Gasteiger partial charge in [-0.05, 0) is 53.1 Å². The van der Waals surface area contributed by atoms with Crippen LogP contribution in [0.4, 0.5) is 10.5 Å². The van der Waals surface area contributed by atoms with Crippen molar-refractivity contribution in [3.8, 4) is 16.9 Å². The SMILES string of the molecule is COc1ccc(-c2cccc(NC(=O)NCc3ccccn3)c2)cc1S(=O)(=O)N[C@@H](CC(=O)O)c1ccccc1. The Labute approximate surface area is 232 Å². The molecule has 0 unspecified atom stereocenters. The van der Waals surface area contributed by atoms with Gasteiger partial charge in [-0.15, -0.1) is 0 Å². The predicted molar refractivity (Wildman–Crippen MR) is 150 cm³/mol. The van der Waals surface area contributed by atoms with Crippen LogP contribution in [0.15, 0.2) is 102 Å². The van der Waals surface area contributed by atoms with Gasteiger partial charge in [0.1, 0.15) is 10.6 Å². The Balaban J connectivity index is 1.57. The van der Waals surface area contributed by atoms with Crippen LogP contribution in [0.2, 0.25) is 0 Å². The zero-order chi connectivity index (χ0) is 28.5. The molecule has 0 saturated heterocycles. The summed E-state index contributed by atoms with van der Waals surface area (Å²) >= 11 is 0. The molecule has 10 nitrogen and oxygen atoms in total. The minimum absolute atomic E-state index is 0.0987. The van der Waals surface area contributed by atoms with E-state index in [2.05, 4.69) is 20.3 Å². The highest BCUT2D eigenvalue weighted by Gasteiger charge is 2.27. The summed E-state index contributed by atoms with van der Waals surface area (Å²) in [6.45, 7) is 0.255. The van der Waals surface area contributed by atoms with Gasteiger partial charge in [-0.25, -0.2) is 17.9 Å². The fourth-order valence-corrected chi connectivity index (χ4v) is 5.45. The molecule has 3 aromatic carbocycles. The second-order valence-corrected chi connectivity index (χ2v) is 10.4. The summed E-state index contributed by atoms with van der Waals surface area (Å²) in [7, 11) is -2.86. The van der Waals surface area contributed by atoms with Crippen LogP contribution in [0.1, 0.15) is 23.7 Å². The highest BCUT2D eigenvalue weighted by atomic mass is 32.2. The molecule has 0 spiro atoms. The molecule has 0 aliphatic carbocycles. The van der Waals surface area contributed by atoms with Gasteiger partial charge in [-0.3, -0.25) is 9.78 Å². The lowest BCUT2D eigenvalue weighted by molar-refractivity contribution is -0.137. The van der Waals surface area contributed by atoms with E-state index < -0.39 is 34.5 Å². The molecule has 0 radical (unpaired) electrons. The largest absolute Gasteiger partial charge is 0.495 e. The van der Waals surface area contributed by atoms with Crippen molar-refractivity contribution in [3.63, 3.8) is 0 Å². The lowest BCUT2D eigenvalue weighted by atomic mass is 10.0. The molecule has 2 amide bonds. The number of benzene rings is 3. The Morgan fingerprint density at radius 3 is 2.38 bits per heavy atom. The normalized spacial score (nSPS) is 11.8. The highest BCUT2D eigenvalue weighted by molar-refractivity contribution is 7.89. The molecular weight excluding hydrogens is 532 g/mol. The number of anilines is 1. The number of carboxylic acid groups (broad SMARTS) is 1. The summed E-state index contributed by atoms with van der Waals surface area (Å²) in [5, 5.41) is 14.9. The Hall–Kier alpha value is -4.74. The van der Waals surface area contributed by atoms with Gasteiger partial charge in [-0.1, -0.05) is 54.6 Å². The van der Waals surface area contributed by atoms with Crippen molar-refractivity contribution in [2.45, 2.75) is 23.9 Å². The van der Waals surface area contributed by atoms with E-state index in [0.717, 1.165) is 0 Å². The number of nitrogens with one attached hydrogen (secondary N) is 3. The van der Waals surface area contributed by atoms with Crippen LogP contribution in [0.3, 0.4) is 0 Å². The van der Waals surface area contributed by atoms with Crippen molar-refractivity contribution in [3.05, 3.63) is 108 Å². The predicted octanol–water partition coefficient (Wildman–Crippen LogP) is 4.57. The van der Waals surface area contributed by atoms with Gasteiger partial charge in [0.25, 0.3) is 0 Å². The van der Waals surface area contributed by atoms with E-state index in [1.807, 2.05) is 6.07 Å². The van der Waals surface area contributed by atoms with E-state index in [-0.39, 0.29) is 17.2 Å². The van der Waals surface area contributed by atoms with Gasteiger partial charge in [0.2, 0.25) is 10.0 Å². The van der Waals surface area contributed by atoms with Crippen LogP contribution in [0.5, 0.6) is 5.75 Å². The lowest BCUT2D eigenvalue weighted by Crippen LogP contribution is -2.30. The van der Waals surface area contributed by atoms with Crippen LogP contribution < -0.4 is 20.1 Å². The van der Waals surface area contributed by atoms with Crippen molar-refractivity contribution in [1.29, 1.82) is 0 Å². The van der Waals surface area contributed by atoms with Gasteiger partial charge in [0.15, 0.2) is 0 Å². The molecule has 11 heteroatoms. The summed E-state index contributed by atoms with van der Waals surface area (Å²) in [4.78, 5) is 27.9. The summed E-state index contributed by atoms with van der Waals surface area (Å²) < 4.78 is 34.9. The molecule has 0 bridgehead atoms. The van der Waals surface area contributed by atoms with Gasteiger partial charge in [0.05, 0.1) is 31.8 Å². The molecule has 1 heterocycles. The van der Waals surface area contributed by atoms with Crippen molar-refractivity contribution >= 4 is 27.7 Å². The van der Waals surface area contributed by atoms with E-state index >= 15 is 0 Å². The molecule has 0 saturated carbocycles. The third-order valence-corrected chi connectivity index (χ3v) is 7.43. The molecule has 1 aromatic heterocycles. The molecule has 1 atom stereocenters. The maximum atomic E-state index is 13.5. The van der Waals surface area contributed by atoms with E-state index in [1.165, 1.54) is 19.2 Å². The number of hydrogen-bond donors (Lipinski definition) is 4. The molecule has 0 aliphatic rings. The van der Waals surface area contributed by atoms with E-state index in [4.69, 9.17) is 4.74 Å². The quantitative estimate of drug-likeness (QED) is 0.210. The zero-order valence-electron chi connectivity index (χ0n) is 21.6. The average molecular weight is 561 g/mol.